The highest BCUT2D eigenvalue weighted by Gasteiger charge is 2.40. The average Bonchev–Trinajstić information content (AvgIpc) is 2.66. The highest BCUT2D eigenvalue weighted by Crippen LogP contribution is 2.38. The Labute approximate surface area is 109 Å². The summed E-state index contributed by atoms with van der Waals surface area (Å²) >= 11 is 0. The molecular formula is C16H20N2. The van der Waals surface area contributed by atoms with E-state index in [4.69, 9.17) is 5.26 Å². The Balaban J connectivity index is 1.60. The van der Waals surface area contributed by atoms with E-state index in [9.17, 15) is 0 Å². The number of fused-ring (bicyclic) bond motifs is 2. The van der Waals surface area contributed by atoms with Crippen molar-refractivity contribution in [2.75, 3.05) is 6.54 Å². The van der Waals surface area contributed by atoms with Crippen LogP contribution in [-0.4, -0.2) is 23.5 Å². The van der Waals surface area contributed by atoms with E-state index in [0.717, 1.165) is 25.8 Å². The van der Waals surface area contributed by atoms with Crippen molar-refractivity contribution >= 4 is 0 Å². The third-order valence-electron chi connectivity index (χ3n) is 4.57. The molecule has 2 aliphatic rings. The van der Waals surface area contributed by atoms with Gasteiger partial charge in [0.25, 0.3) is 0 Å². The van der Waals surface area contributed by atoms with E-state index in [1.807, 2.05) is 0 Å². The minimum absolute atomic E-state index is 0.315. The SMILES string of the molecule is N#CC1CC2CCC(C1)N2CCc1ccccc1. The van der Waals surface area contributed by atoms with E-state index in [-0.39, 0.29) is 0 Å². The number of nitrogens with zero attached hydrogens (tertiary/aromatic N) is 2. The van der Waals surface area contributed by atoms with Crippen molar-refractivity contribution in [2.45, 2.75) is 44.2 Å². The molecule has 0 saturated carbocycles. The van der Waals surface area contributed by atoms with Gasteiger partial charge >= 0.3 is 0 Å². The van der Waals surface area contributed by atoms with Gasteiger partial charge in [0.2, 0.25) is 0 Å². The summed E-state index contributed by atoms with van der Waals surface area (Å²) in [5.41, 5.74) is 1.43. The van der Waals surface area contributed by atoms with Crippen LogP contribution in [0.5, 0.6) is 0 Å². The van der Waals surface area contributed by atoms with Crippen LogP contribution in [-0.2, 0) is 6.42 Å². The zero-order valence-electron chi connectivity index (χ0n) is 10.8. The third kappa shape index (κ3) is 2.28. The van der Waals surface area contributed by atoms with Crippen molar-refractivity contribution in [1.82, 2.24) is 4.90 Å². The van der Waals surface area contributed by atoms with Crippen LogP contribution in [0, 0.1) is 17.2 Å². The minimum Gasteiger partial charge on any atom is -0.297 e. The van der Waals surface area contributed by atoms with Gasteiger partial charge in [-0.1, -0.05) is 30.3 Å². The maximum Gasteiger partial charge on any atom is 0.0657 e. The van der Waals surface area contributed by atoms with E-state index in [0.29, 0.717) is 18.0 Å². The van der Waals surface area contributed by atoms with Gasteiger partial charge in [-0.15, -0.1) is 0 Å². The maximum atomic E-state index is 9.08. The molecule has 0 spiro atoms. The number of hydrogen-bond acceptors (Lipinski definition) is 2. The molecule has 0 N–H and O–H groups in total. The lowest BCUT2D eigenvalue weighted by Crippen LogP contribution is -2.43. The highest BCUT2D eigenvalue weighted by atomic mass is 15.2. The van der Waals surface area contributed by atoms with Crippen molar-refractivity contribution in [1.29, 1.82) is 5.26 Å². The Hall–Kier alpha value is -1.33. The topological polar surface area (TPSA) is 27.0 Å². The second kappa shape index (κ2) is 5.12. The molecule has 2 atom stereocenters. The second-order valence-electron chi connectivity index (χ2n) is 5.66. The summed E-state index contributed by atoms with van der Waals surface area (Å²) in [4.78, 5) is 2.67. The van der Waals surface area contributed by atoms with Gasteiger partial charge in [-0.2, -0.15) is 5.26 Å². The summed E-state index contributed by atoms with van der Waals surface area (Å²) in [5.74, 6) is 0.315. The Kier molecular flexibility index (Phi) is 3.34. The van der Waals surface area contributed by atoms with Crippen molar-refractivity contribution < 1.29 is 0 Å². The van der Waals surface area contributed by atoms with Gasteiger partial charge < -0.3 is 0 Å². The van der Waals surface area contributed by atoms with E-state index in [2.05, 4.69) is 41.3 Å². The standard InChI is InChI=1S/C16H20N2/c17-12-14-10-15-6-7-16(11-14)18(15)9-8-13-4-2-1-3-5-13/h1-5,14-16H,6-11H2. The molecule has 2 bridgehead atoms. The first-order chi connectivity index (χ1) is 8.86. The van der Waals surface area contributed by atoms with Crippen LogP contribution >= 0.6 is 0 Å². The molecule has 1 aromatic rings. The molecule has 0 aromatic heterocycles. The monoisotopic (exact) mass is 240 g/mol. The summed E-state index contributed by atoms with van der Waals surface area (Å²) in [7, 11) is 0. The minimum atomic E-state index is 0.315. The number of benzene rings is 1. The summed E-state index contributed by atoms with van der Waals surface area (Å²) in [6.07, 6.45) is 5.95. The molecule has 0 amide bonds. The van der Waals surface area contributed by atoms with Crippen LogP contribution in [0.15, 0.2) is 30.3 Å². The fourth-order valence-electron chi connectivity index (χ4n) is 3.65. The van der Waals surface area contributed by atoms with Gasteiger partial charge in [0.1, 0.15) is 0 Å². The van der Waals surface area contributed by atoms with Crippen LogP contribution in [0.25, 0.3) is 0 Å². The summed E-state index contributed by atoms with van der Waals surface area (Å²) in [5, 5.41) is 9.08. The zero-order chi connectivity index (χ0) is 12.4. The summed E-state index contributed by atoms with van der Waals surface area (Å²) < 4.78 is 0. The van der Waals surface area contributed by atoms with E-state index < -0.39 is 0 Å². The molecule has 18 heavy (non-hydrogen) atoms. The van der Waals surface area contributed by atoms with E-state index in [1.54, 1.807) is 0 Å². The largest absolute Gasteiger partial charge is 0.297 e. The quantitative estimate of drug-likeness (QED) is 0.812. The van der Waals surface area contributed by atoms with Crippen LogP contribution < -0.4 is 0 Å². The van der Waals surface area contributed by atoms with E-state index in [1.165, 1.54) is 18.4 Å². The molecule has 2 heteroatoms. The number of hydrogen-bond donors (Lipinski definition) is 0. The lowest BCUT2D eigenvalue weighted by atomic mass is 9.91. The van der Waals surface area contributed by atoms with Gasteiger partial charge in [-0.05, 0) is 37.7 Å². The van der Waals surface area contributed by atoms with Crippen LogP contribution in [0.4, 0.5) is 0 Å². The normalized spacial score (nSPS) is 31.2. The first kappa shape index (κ1) is 11.7. The fraction of sp³-hybridized carbons (Fsp3) is 0.562. The molecule has 2 nitrogen and oxygen atoms in total. The molecular weight excluding hydrogens is 220 g/mol. The van der Waals surface area contributed by atoms with Gasteiger partial charge in [-0.3, -0.25) is 4.90 Å². The van der Waals surface area contributed by atoms with Crippen molar-refractivity contribution in [3.8, 4) is 6.07 Å². The number of rotatable bonds is 3. The Morgan fingerprint density at radius 3 is 2.39 bits per heavy atom. The van der Waals surface area contributed by atoms with Crippen molar-refractivity contribution in [3.63, 3.8) is 0 Å². The molecule has 0 aliphatic carbocycles. The molecule has 2 fully saturated rings. The maximum absolute atomic E-state index is 9.08. The molecule has 94 valence electrons. The highest BCUT2D eigenvalue weighted by molar-refractivity contribution is 5.15. The molecule has 2 saturated heterocycles. The summed E-state index contributed by atoms with van der Waals surface area (Å²) in [6, 6.07) is 14.6. The molecule has 2 heterocycles. The Bertz CT molecular complexity index is 420. The fourth-order valence-corrected chi connectivity index (χ4v) is 3.65. The molecule has 2 aliphatic heterocycles. The predicted octanol–water partition coefficient (Wildman–Crippen LogP) is 3.00. The number of nitriles is 1. The van der Waals surface area contributed by atoms with Crippen molar-refractivity contribution in [3.05, 3.63) is 35.9 Å². The van der Waals surface area contributed by atoms with Crippen LogP contribution in [0.3, 0.4) is 0 Å². The Morgan fingerprint density at radius 1 is 1.11 bits per heavy atom. The molecule has 0 radical (unpaired) electrons. The van der Waals surface area contributed by atoms with Gasteiger partial charge in [-0.25, -0.2) is 0 Å². The van der Waals surface area contributed by atoms with Gasteiger partial charge in [0, 0.05) is 24.5 Å². The predicted molar refractivity (Wildman–Crippen MR) is 72.0 cm³/mol. The average molecular weight is 240 g/mol. The van der Waals surface area contributed by atoms with Gasteiger partial charge in [0.15, 0.2) is 0 Å². The van der Waals surface area contributed by atoms with E-state index >= 15 is 0 Å². The van der Waals surface area contributed by atoms with Crippen LogP contribution in [0.1, 0.15) is 31.2 Å². The molecule has 2 unspecified atom stereocenters. The first-order valence-corrected chi connectivity index (χ1v) is 7.06. The number of piperidine rings is 1. The zero-order valence-corrected chi connectivity index (χ0v) is 10.8. The molecule has 3 rings (SSSR count). The lowest BCUT2D eigenvalue weighted by molar-refractivity contribution is 0.122. The third-order valence-corrected chi connectivity index (χ3v) is 4.57. The smallest absolute Gasteiger partial charge is 0.0657 e. The molecule has 1 aromatic carbocycles. The lowest BCUT2D eigenvalue weighted by Gasteiger charge is -2.36. The first-order valence-electron chi connectivity index (χ1n) is 7.06. The van der Waals surface area contributed by atoms with Gasteiger partial charge in [0.05, 0.1) is 6.07 Å². The second-order valence-corrected chi connectivity index (χ2v) is 5.66. The summed E-state index contributed by atoms with van der Waals surface area (Å²) in [6.45, 7) is 1.16. The van der Waals surface area contributed by atoms with Crippen molar-refractivity contribution in [2.24, 2.45) is 5.92 Å². The Morgan fingerprint density at radius 2 is 1.78 bits per heavy atom. The van der Waals surface area contributed by atoms with Crippen LogP contribution in [0.2, 0.25) is 0 Å².